The van der Waals surface area contributed by atoms with Gasteiger partial charge >= 0.3 is 6.03 Å². The minimum absolute atomic E-state index is 0.00280. The highest BCUT2D eigenvalue weighted by molar-refractivity contribution is 6.43. The van der Waals surface area contributed by atoms with Crippen LogP contribution < -0.4 is 10.6 Å². The number of imide groups is 1. The molecule has 0 spiro atoms. The lowest BCUT2D eigenvalue weighted by Gasteiger charge is -2.11. The molecular weight excluding hydrogens is 373 g/mol. The standard InChI is InChI=1S/C16H14Cl3N3O2/c1-9-11(13(18)21-14(19)12(9)17)15(23)22-16(24)20-8-7-10-5-3-2-4-6-10/h2-6H,7-8H2,1H3,(H2,20,22,23,24). The second-order valence-corrected chi connectivity index (χ2v) is 6.05. The van der Waals surface area contributed by atoms with Crippen molar-refractivity contribution in [2.75, 3.05) is 6.54 Å². The Morgan fingerprint density at radius 1 is 1.08 bits per heavy atom. The Bertz CT molecular complexity index is 767. The van der Waals surface area contributed by atoms with Crippen LogP contribution in [0.15, 0.2) is 30.3 Å². The summed E-state index contributed by atoms with van der Waals surface area (Å²) in [4.78, 5) is 27.8. The zero-order chi connectivity index (χ0) is 17.7. The summed E-state index contributed by atoms with van der Waals surface area (Å²) in [5, 5.41) is 4.81. The lowest BCUT2D eigenvalue weighted by Crippen LogP contribution is -2.40. The predicted molar refractivity (Wildman–Crippen MR) is 95.0 cm³/mol. The van der Waals surface area contributed by atoms with Crippen LogP contribution in [-0.2, 0) is 6.42 Å². The molecule has 0 radical (unpaired) electrons. The Balaban J connectivity index is 1.95. The van der Waals surface area contributed by atoms with Crippen molar-refractivity contribution in [1.29, 1.82) is 0 Å². The molecule has 1 aromatic heterocycles. The van der Waals surface area contributed by atoms with E-state index >= 15 is 0 Å². The fourth-order valence-corrected chi connectivity index (χ4v) is 2.77. The number of pyridine rings is 1. The maximum Gasteiger partial charge on any atom is 0.321 e. The molecule has 0 aliphatic rings. The average molecular weight is 387 g/mol. The van der Waals surface area contributed by atoms with E-state index in [0.717, 1.165) is 5.56 Å². The second-order valence-electron chi connectivity index (χ2n) is 4.95. The van der Waals surface area contributed by atoms with Gasteiger partial charge in [-0.2, -0.15) is 0 Å². The van der Waals surface area contributed by atoms with Gasteiger partial charge in [-0.25, -0.2) is 9.78 Å². The maximum absolute atomic E-state index is 12.2. The summed E-state index contributed by atoms with van der Waals surface area (Å²) in [5.41, 5.74) is 1.46. The molecule has 2 N–H and O–H groups in total. The number of aromatic nitrogens is 1. The highest BCUT2D eigenvalue weighted by atomic mass is 35.5. The number of urea groups is 1. The molecule has 126 valence electrons. The number of nitrogens with one attached hydrogen (secondary N) is 2. The van der Waals surface area contributed by atoms with E-state index in [2.05, 4.69) is 15.6 Å². The Hall–Kier alpha value is -1.82. The number of hydrogen-bond donors (Lipinski definition) is 2. The molecule has 1 aromatic carbocycles. The molecule has 0 atom stereocenters. The van der Waals surface area contributed by atoms with E-state index in [1.54, 1.807) is 6.92 Å². The molecule has 0 fully saturated rings. The molecule has 0 saturated heterocycles. The summed E-state index contributed by atoms with van der Waals surface area (Å²) in [6.45, 7) is 1.96. The largest absolute Gasteiger partial charge is 0.337 e. The van der Waals surface area contributed by atoms with E-state index in [0.29, 0.717) is 18.5 Å². The van der Waals surface area contributed by atoms with E-state index in [-0.39, 0.29) is 20.9 Å². The maximum atomic E-state index is 12.2. The molecule has 0 bridgehead atoms. The van der Waals surface area contributed by atoms with Gasteiger partial charge in [-0.05, 0) is 24.5 Å². The van der Waals surface area contributed by atoms with Gasteiger partial charge in [-0.15, -0.1) is 0 Å². The zero-order valence-electron chi connectivity index (χ0n) is 12.7. The van der Waals surface area contributed by atoms with Crippen LogP contribution in [0.2, 0.25) is 15.3 Å². The Kier molecular flexibility index (Phi) is 6.43. The van der Waals surface area contributed by atoms with Crippen LogP contribution in [-0.4, -0.2) is 23.5 Å². The number of amides is 3. The molecule has 1 heterocycles. The van der Waals surface area contributed by atoms with E-state index in [9.17, 15) is 9.59 Å². The van der Waals surface area contributed by atoms with E-state index < -0.39 is 11.9 Å². The molecule has 0 unspecified atom stereocenters. The Labute approximate surface area is 154 Å². The topological polar surface area (TPSA) is 71.1 Å². The predicted octanol–water partition coefficient (Wildman–Crippen LogP) is 4.03. The third-order valence-corrected chi connectivity index (χ3v) is 4.39. The lowest BCUT2D eigenvalue weighted by atomic mass is 10.1. The summed E-state index contributed by atoms with van der Waals surface area (Å²) in [7, 11) is 0. The fourth-order valence-electron chi connectivity index (χ4n) is 2.05. The van der Waals surface area contributed by atoms with Crippen molar-refractivity contribution in [3.05, 3.63) is 62.4 Å². The fraction of sp³-hybridized carbons (Fsp3) is 0.188. The number of rotatable bonds is 4. The number of nitrogens with zero attached hydrogens (tertiary/aromatic N) is 1. The van der Waals surface area contributed by atoms with Gasteiger partial charge in [-0.3, -0.25) is 10.1 Å². The van der Waals surface area contributed by atoms with E-state index in [4.69, 9.17) is 34.8 Å². The Morgan fingerprint density at radius 2 is 1.75 bits per heavy atom. The van der Waals surface area contributed by atoms with E-state index in [1.165, 1.54) is 0 Å². The quantitative estimate of drug-likeness (QED) is 0.779. The van der Waals surface area contributed by atoms with Gasteiger partial charge in [0.1, 0.15) is 10.3 Å². The summed E-state index contributed by atoms with van der Waals surface area (Å²) >= 11 is 17.7. The SMILES string of the molecule is Cc1c(Cl)c(Cl)nc(Cl)c1C(=O)NC(=O)NCCc1ccccc1. The number of benzene rings is 1. The molecule has 2 aromatic rings. The first kappa shape index (κ1) is 18.5. The minimum atomic E-state index is -0.694. The minimum Gasteiger partial charge on any atom is -0.337 e. The van der Waals surface area contributed by atoms with Gasteiger partial charge in [0.05, 0.1) is 10.6 Å². The summed E-state index contributed by atoms with van der Waals surface area (Å²) in [5.74, 6) is -0.694. The summed E-state index contributed by atoms with van der Waals surface area (Å²) in [6, 6.07) is 9.03. The molecule has 0 aliphatic carbocycles. The number of carbonyl (C=O) groups is 2. The number of halogens is 3. The van der Waals surface area contributed by atoms with Crippen molar-refractivity contribution in [2.24, 2.45) is 0 Å². The highest BCUT2D eigenvalue weighted by Gasteiger charge is 2.21. The summed E-state index contributed by atoms with van der Waals surface area (Å²) in [6.07, 6.45) is 0.649. The summed E-state index contributed by atoms with van der Waals surface area (Å²) < 4.78 is 0. The van der Waals surface area contributed by atoms with Crippen molar-refractivity contribution in [1.82, 2.24) is 15.6 Å². The molecular formula is C16H14Cl3N3O2. The molecule has 24 heavy (non-hydrogen) atoms. The molecule has 0 saturated carbocycles. The van der Waals surface area contributed by atoms with Crippen LogP contribution >= 0.6 is 34.8 Å². The zero-order valence-corrected chi connectivity index (χ0v) is 15.0. The first-order chi connectivity index (χ1) is 11.4. The first-order valence-corrected chi connectivity index (χ1v) is 8.17. The van der Waals surface area contributed by atoms with Crippen molar-refractivity contribution in [3.63, 3.8) is 0 Å². The number of carbonyl (C=O) groups excluding carboxylic acids is 2. The average Bonchev–Trinajstić information content (AvgIpc) is 2.53. The third kappa shape index (κ3) is 4.60. The molecule has 2 rings (SSSR count). The van der Waals surface area contributed by atoms with Crippen LogP contribution in [0.5, 0.6) is 0 Å². The van der Waals surface area contributed by atoms with Crippen LogP contribution in [0.1, 0.15) is 21.5 Å². The van der Waals surface area contributed by atoms with Gasteiger partial charge in [0.25, 0.3) is 5.91 Å². The van der Waals surface area contributed by atoms with Crippen molar-refractivity contribution < 1.29 is 9.59 Å². The van der Waals surface area contributed by atoms with Crippen molar-refractivity contribution in [3.8, 4) is 0 Å². The van der Waals surface area contributed by atoms with Gasteiger partial charge in [0, 0.05) is 6.54 Å². The van der Waals surface area contributed by atoms with Crippen molar-refractivity contribution in [2.45, 2.75) is 13.3 Å². The molecule has 5 nitrogen and oxygen atoms in total. The second kappa shape index (κ2) is 8.33. The molecule has 0 aliphatic heterocycles. The monoisotopic (exact) mass is 385 g/mol. The lowest BCUT2D eigenvalue weighted by molar-refractivity contribution is 0.0963. The van der Waals surface area contributed by atoms with Crippen LogP contribution in [0.3, 0.4) is 0 Å². The van der Waals surface area contributed by atoms with Gasteiger partial charge in [0.15, 0.2) is 0 Å². The van der Waals surface area contributed by atoms with Gasteiger partial charge < -0.3 is 5.32 Å². The van der Waals surface area contributed by atoms with Crippen LogP contribution in [0.25, 0.3) is 0 Å². The van der Waals surface area contributed by atoms with Crippen LogP contribution in [0.4, 0.5) is 4.79 Å². The third-order valence-electron chi connectivity index (χ3n) is 3.28. The molecule has 3 amide bonds. The first-order valence-electron chi connectivity index (χ1n) is 7.04. The Morgan fingerprint density at radius 3 is 2.42 bits per heavy atom. The van der Waals surface area contributed by atoms with Crippen molar-refractivity contribution >= 4 is 46.7 Å². The smallest absolute Gasteiger partial charge is 0.321 e. The van der Waals surface area contributed by atoms with E-state index in [1.807, 2.05) is 30.3 Å². The van der Waals surface area contributed by atoms with Gasteiger partial charge in [0.2, 0.25) is 0 Å². The van der Waals surface area contributed by atoms with Gasteiger partial charge in [-0.1, -0.05) is 65.1 Å². The molecule has 8 heteroatoms. The van der Waals surface area contributed by atoms with Crippen LogP contribution in [0, 0.1) is 6.92 Å². The highest BCUT2D eigenvalue weighted by Crippen LogP contribution is 2.30. The normalized spacial score (nSPS) is 10.3. The number of hydrogen-bond acceptors (Lipinski definition) is 3.